The summed E-state index contributed by atoms with van der Waals surface area (Å²) in [4.78, 5) is 26.9. The van der Waals surface area contributed by atoms with Crippen LogP contribution in [0, 0.1) is 20.8 Å². The minimum absolute atomic E-state index is 0.142. The molecule has 0 saturated heterocycles. The third kappa shape index (κ3) is 5.92. The first-order valence-electron chi connectivity index (χ1n) is 10.4. The van der Waals surface area contributed by atoms with Gasteiger partial charge in [0.2, 0.25) is 0 Å². The molecule has 0 saturated carbocycles. The van der Waals surface area contributed by atoms with Crippen molar-refractivity contribution in [2.45, 2.75) is 40.2 Å². The molecule has 0 bridgehead atoms. The van der Waals surface area contributed by atoms with Crippen molar-refractivity contribution in [1.29, 1.82) is 0 Å². The second-order valence-electron chi connectivity index (χ2n) is 7.69. The predicted octanol–water partition coefficient (Wildman–Crippen LogP) is 5.71. The summed E-state index contributed by atoms with van der Waals surface area (Å²) in [5.41, 5.74) is 5.23. The Morgan fingerprint density at radius 1 is 1.00 bits per heavy atom. The Morgan fingerprint density at radius 2 is 1.71 bits per heavy atom. The summed E-state index contributed by atoms with van der Waals surface area (Å²) in [7, 11) is 0. The summed E-state index contributed by atoms with van der Waals surface area (Å²) >= 11 is 1.51. The maximum absolute atomic E-state index is 13.2. The van der Waals surface area contributed by atoms with Gasteiger partial charge in [-0.15, -0.1) is 11.3 Å². The average molecular weight is 433 g/mol. The molecule has 1 aromatic heterocycles. The van der Waals surface area contributed by atoms with E-state index in [1.54, 1.807) is 18.2 Å². The van der Waals surface area contributed by atoms with Crippen LogP contribution in [0.3, 0.4) is 0 Å². The van der Waals surface area contributed by atoms with E-state index < -0.39 is 0 Å². The fourth-order valence-corrected chi connectivity index (χ4v) is 4.08. The molecule has 31 heavy (non-hydrogen) atoms. The molecule has 160 valence electrons. The zero-order chi connectivity index (χ0) is 22.4. The van der Waals surface area contributed by atoms with Gasteiger partial charge in [-0.3, -0.25) is 9.59 Å². The summed E-state index contributed by atoms with van der Waals surface area (Å²) in [6, 6.07) is 17.2. The van der Waals surface area contributed by atoms with Crippen LogP contribution in [0.25, 0.3) is 6.08 Å². The molecule has 5 heteroatoms. The normalized spacial score (nSPS) is 12.3. The van der Waals surface area contributed by atoms with Crippen LogP contribution < -0.4 is 10.6 Å². The minimum Gasteiger partial charge on any atom is -0.344 e. The molecule has 0 radical (unpaired) electrons. The third-order valence-electron chi connectivity index (χ3n) is 5.15. The van der Waals surface area contributed by atoms with E-state index in [1.165, 1.54) is 16.9 Å². The van der Waals surface area contributed by atoms with Crippen LogP contribution in [0.4, 0.5) is 0 Å². The van der Waals surface area contributed by atoms with Gasteiger partial charge in [0, 0.05) is 10.4 Å². The van der Waals surface area contributed by atoms with Crippen molar-refractivity contribution < 1.29 is 9.59 Å². The van der Waals surface area contributed by atoms with Crippen LogP contribution in [0.15, 0.2) is 65.7 Å². The highest BCUT2D eigenvalue weighted by molar-refractivity contribution is 7.10. The number of hydrogen-bond donors (Lipinski definition) is 2. The van der Waals surface area contributed by atoms with Gasteiger partial charge in [0.25, 0.3) is 11.8 Å². The van der Waals surface area contributed by atoms with Crippen LogP contribution in [0.5, 0.6) is 0 Å². The van der Waals surface area contributed by atoms with Gasteiger partial charge in [-0.2, -0.15) is 0 Å². The quantitative estimate of drug-likeness (QED) is 0.470. The van der Waals surface area contributed by atoms with E-state index >= 15 is 0 Å². The lowest BCUT2D eigenvalue weighted by Gasteiger charge is -2.21. The monoisotopic (exact) mass is 432 g/mol. The largest absolute Gasteiger partial charge is 0.344 e. The predicted molar refractivity (Wildman–Crippen MR) is 128 cm³/mol. The molecule has 0 aliphatic carbocycles. The average Bonchev–Trinajstić information content (AvgIpc) is 3.25. The lowest BCUT2D eigenvalue weighted by atomic mass is 9.97. The topological polar surface area (TPSA) is 58.2 Å². The van der Waals surface area contributed by atoms with Gasteiger partial charge in [-0.05, 0) is 68.0 Å². The number of nitrogens with one attached hydrogen (secondary N) is 2. The van der Waals surface area contributed by atoms with Crippen molar-refractivity contribution in [3.05, 3.63) is 98.4 Å². The molecule has 3 aromatic rings. The summed E-state index contributed by atoms with van der Waals surface area (Å²) in [5.74, 6) is -0.613. The summed E-state index contributed by atoms with van der Waals surface area (Å²) in [6.07, 6.45) is 2.47. The Morgan fingerprint density at radius 3 is 2.32 bits per heavy atom. The highest BCUT2D eigenvalue weighted by Gasteiger charge is 2.20. The Kier molecular flexibility index (Phi) is 7.42. The number of carbonyl (C=O) groups is 2. The molecule has 2 aromatic carbocycles. The van der Waals surface area contributed by atoms with E-state index in [2.05, 4.69) is 42.7 Å². The van der Waals surface area contributed by atoms with Gasteiger partial charge in [0.1, 0.15) is 5.70 Å². The van der Waals surface area contributed by atoms with Gasteiger partial charge in [0.05, 0.1) is 6.04 Å². The van der Waals surface area contributed by atoms with E-state index in [0.29, 0.717) is 5.56 Å². The van der Waals surface area contributed by atoms with Crippen LogP contribution >= 0.6 is 11.3 Å². The van der Waals surface area contributed by atoms with Crippen molar-refractivity contribution in [2.75, 3.05) is 0 Å². The molecule has 0 aliphatic heterocycles. The third-order valence-corrected chi connectivity index (χ3v) is 5.97. The molecular weight excluding hydrogens is 404 g/mol. The van der Waals surface area contributed by atoms with E-state index in [-0.39, 0.29) is 23.6 Å². The number of carbonyl (C=O) groups excluding carboxylic acids is 2. The molecule has 1 atom stereocenters. The molecule has 0 unspecified atom stereocenters. The Balaban J connectivity index is 1.85. The molecule has 1 heterocycles. The molecule has 0 spiro atoms. The molecular formula is C26H28N2O2S. The van der Waals surface area contributed by atoms with Gasteiger partial charge in [0.15, 0.2) is 0 Å². The van der Waals surface area contributed by atoms with Crippen molar-refractivity contribution in [1.82, 2.24) is 10.6 Å². The summed E-state index contributed by atoms with van der Waals surface area (Å²) < 4.78 is 0. The number of aryl methyl sites for hydroxylation is 3. The number of amides is 2. The molecule has 3 rings (SSSR count). The fraction of sp³-hybridized carbons (Fsp3) is 0.231. The summed E-state index contributed by atoms with van der Waals surface area (Å²) in [6.45, 7) is 8.12. The standard InChI is InChI=1S/C26H28N2O2S/c1-5-23(22-13-10-18(3)15-19(22)4)27-26(30)24(16-21-7-6-14-31-21)28-25(29)20-11-8-17(2)9-12-20/h6-16,23H,5H2,1-4H3,(H,27,30)(H,28,29)/b24-16-/t23-/m1/s1. The van der Waals surface area contributed by atoms with Crippen molar-refractivity contribution >= 4 is 29.2 Å². The molecule has 0 aliphatic rings. The Bertz CT molecular complexity index is 1080. The molecule has 4 nitrogen and oxygen atoms in total. The van der Waals surface area contributed by atoms with Crippen LogP contribution in [-0.2, 0) is 4.79 Å². The van der Waals surface area contributed by atoms with Crippen LogP contribution in [0.2, 0.25) is 0 Å². The lowest BCUT2D eigenvalue weighted by Crippen LogP contribution is -2.37. The number of hydrogen-bond acceptors (Lipinski definition) is 3. The van der Waals surface area contributed by atoms with E-state index in [1.807, 2.05) is 43.5 Å². The number of thiophene rings is 1. The highest BCUT2D eigenvalue weighted by Crippen LogP contribution is 2.22. The van der Waals surface area contributed by atoms with Crippen LogP contribution in [0.1, 0.15) is 56.9 Å². The van der Waals surface area contributed by atoms with Crippen molar-refractivity contribution in [2.24, 2.45) is 0 Å². The zero-order valence-corrected chi connectivity index (χ0v) is 19.2. The Hall–Kier alpha value is -3.18. The highest BCUT2D eigenvalue weighted by atomic mass is 32.1. The minimum atomic E-state index is -0.308. The number of rotatable bonds is 7. The van der Waals surface area contributed by atoms with Gasteiger partial charge < -0.3 is 10.6 Å². The van der Waals surface area contributed by atoms with Crippen molar-refractivity contribution in [3.8, 4) is 0 Å². The smallest absolute Gasteiger partial charge is 0.268 e. The first kappa shape index (κ1) is 22.5. The van der Waals surface area contributed by atoms with Gasteiger partial charge >= 0.3 is 0 Å². The summed E-state index contributed by atoms with van der Waals surface area (Å²) in [5, 5.41) is 7.85. The fourth-order valence-electron chi connectivity index (χ4n) is 3.43. The SMILES string of the molecule is CC[C@@H](NC(=O)/C(=C/c1cccs1)NC(=O)c1ccc(C)cc1)c1ccc(C)cc1C. The second kappa shape index (κ2) is 10.2. The zero-order valence-electron chi connectivity index (χ0n) is 18.4. The van der Waals surface area contributed by atoms with E-state index in [4.69, 9.17) is 0 Å². The Labute approximate surface area is 188 Å². The maximum Gasteiger partial charge on any atom is 0.268 e. The van der Waals surface area contributed by atoms with E-state index in [9.17, 15) is 9.59 Å². The first-order valence-corrected chi connectivity index (χ1v) is 11.3. The van der Waals surface area contributed by atoms with Crippen molar-refractivity contribution in [3.63, 3.8) is 0 Å². The number of benzene rings is 2. The molecule has 0 fully saturated rings. The van der Waals surface area contributed by atoms with Crippen LogP contribution in [-0.4, -0.2) is 11.8 Å². The maximum atomic E-state index is 13.2. The first-order chi connectivity index (χ1) is 14.9. The van der Waals surface area contributed by atoms with Gasteiger partial charge in [-0.1, -0.05) is 54.4 Å². The molecule has 2 N–H and O–H groups in total. The van der Waals surface area contributed by atoms with E-state index in [0.717, 1.165) is 28.0 Å². The molecule has 2 amide bonds. The second-order valence-corrected chi connectivity index (χ2v) is 8.67. The lowest BCUT2D eigenvalue weighted by molar-refractivity contribution is -0.118. The van der Waals surface area contributed by atoms with Gasteiger partial charge in [-0.25, -0.2) is 0 Å².